The van der Waals surface area contributed by atoms with E-state index in [0.717, 1.165) is 16.3 Å². The molecule has 2 N–H and O–H groups in total. The summed E-state index contributed by atoms with van der Waals surface area (Å²) in [6.45, 7) is 6.70. The van der Waals surface area contributed by atoms with E-state index in [2.05, 4.69) is 61.7 Å². The fraction of sp³-hybridized carbons (Fsp3) is 0.133. The van der Waals surface area contributed by atoms with Crippen LogP contribution in [0.2, 0.25) is 0 Å². The van der Waals surface area contributed by atoms with Crippen LogP contribution in [-0.2, 0) is 5.41 Å². The molecule has 0 unspecified atom stereocenters. The van der Waals surface area contributed by atoms with Crippen molar-refractivity contribution in [2.24, 2.45) is 0 Å². The molecule has 1 aliphatic carbocycles. The summed E-state index contributed by atoms with van der Waals surface area (Å²) in [7, 11) is 0. The standard InChI is InChI=1S/C30H23NO2S/c1-16-21-11-10-20(33)15-24(21)30(2,3)28(16)31-25-7-5-4-6-22(25)27-23-13-17-8-9-19(32)12-18(17)14-26(23)34-29(27)31/h4-15,32-33H,1-3H3. The Kier molecular flexibility index (Phi) is 3.72. The van der Waals surface area contributed by atoms with Gasteiger partial charge in [-0.05, 0) is 76.9 Å². The first-order valence-electron chi connectivity index (χ1n) is 11.5. The van der Waals surface area contributed by atoms with Crippen LogP contribution < -0.4 is 0 Å². The highest BCUT2D eigenvalue weighted by Gasteiger charge is 2.39. The van der Waals surface area contributed by atoms with E-state index in [4.69, 9.17) is 0 Å². The summed E-state index contributed by atoms with van der Waals surface area (Å²) < 4.78 is 3.66. The van der Waals surface area contributed by atoms with Crippen LogP contribution in [0.5, 0.6) is 11.5 Å². The molecule has 4 heteroatoms. The highest BCUT2D eigenvalue weighted by atomic mass is 32.1. The highest BCUT2D eigenvalue weighted by Crippen LogP contribution is 2.53. The van der Waals surface area contributed by atoms with Gasteiger partial charge in [0.15, 0.2) is 0 Å². The summed E-state index contributed by atoms with van der Waals surface area (Å²) in [5.41, 5.74) is 5.80. The zero-order valence-corrected chi connectivity index (χ0v) is 20.0. The van der Waals surface area contributed by atoms with Crippen LogP contribution in [-0.4, -0.2) is 14.8 Å². The van der Waals surface area contributed by atoms with E-state index in [1.54, 1.807) is 23.5 Å². The second kappa shape index (κ2) is 6.43. The number of aromatic nitrogens is 1. The normalized spacial score (nSPS) is 15.3. The van der Waals surface area contributed by atoms with Gasteiger partial charge in [-0.2, -0.15) is 0 Å². The van der Waals surface area contributed by atoms with Gasteiger partial charge in [-0.25, -0.2) is 0 Å². The third kappa shape index (κ3) is 2.41. The molecule has 0 amide bonds. The Morgan fingerprint density at radius 3 is 2.41 bits per heavy atom. The minimum Gasteiger partial charge on any atom is -0.508 e. The number of allylic oxidation sites excluding steroid dienone is 2. The van der Waals surface area contributed by atoms with Crippen molar-refractivity contribution >= 4 is 64.6 Å². The summed E-state index contributed by atoms with van der Waals surface area (Å²) in [5.74, 6) is 0.595. The Labute approximate surface area is 200 Å². The van der Waals surface area contributed by atoms with E-state index in [1.165, 1.54) is 48.0 Å². The van der Waals surface area contributed by atoms with Crippen molar-refractivity contribution in [2.45, 2.75) is 26.2 Å². The van der Waals surface area contributed by atoms with E-state index in [9.17, 15) is 10.2 Å². The lowest BCUT2D eigenvalue weighted by molar-refractivity contribution is 0.473. The van der Waals surface area contributed by atoms with Crippen molar-refractivity contribution in [1.29, 1.82) is 0 Å². The summed E-state index contributed by atoms with van der Waals surface area (Å²) in [6.07, 6.45) is 0. The molecule has 0 saturated heterocycles. The lowest BCUT2D eigenvalue weighted by Gasteiger charge is -2.26. The van der Waals surface area contributed by atoms with Crippen molar-refractivity contribution < 1.29 is 10.2 Å². The number of thiophene rings is 1. The zero-order chi connectivity index (χ0) is 23.4. The topological polar surface area (TPSA) is 45.4 Å². The molecule has 166 valence electrons. The van der Waals surface area contributed by atoms with Crippen molar-refractivity contribution in [1.82, 2.24) is 4.57 Å². The molecular weight excluding hydrogens is 438 g/mol. The van der Waals surface area contributed by atoms with Gasteiger partial charge in [0.2, 0.25) is 0 Å². The predicted octanol–water partition coefficient (Wildman–Crippen LogP) is 8.25. The van der Waals surface area contributed by atoms with E-state index >= 15 is 0 Å². The van der Waals surface area contributed by atoms with Crippen molar-refractivity contribution in [3.8, 4) is 11.5 Å². The molecule has 0 radical (unpaired) electrons. The van der Waals surface area contributed by atoms with Gasteiger partial charge in [0.25, 0.3) is 0 Å². The molecular formula is C30H23NO2S. The van der Waals surface area contributed by atoms with Gasteiger partial charge >= 0.3 is 0 Å². The first-order valence-corrected chi connectivity index (χ1v) is 12.3. The average Bonchev–Trinajstić information content (AvgIpc) is 3.38. The van der Waals surface area contributed by atoms with Gasteiger partial charge in [0.05, 0.1) is 5.52 Å². The number of benzene rings is 4. The van der Waals surface area contributed by atoms with Crippen molar-refractivity contribution in [3.05, 3.63) is 83.9 Å². The minimum absolute atomic E-state index is 0.264. The predicted molar refractivity (Wildman–Crippen MR) is 144 cm³/mol. The Morgan fingerprint density at radius 1 is 0.794 bits per heavy atom. The maximum Gasteiger partial charge on any atom is 0.116 e. The molecule has 0 spiro atoms. The van der Waals surface area contributed by atoms with Crippen LogP contribution in [0.3, 0.4) is 0 Å². The fourth-order valence-corrected chi connectivity index (χ4v) is 7.26. The Bertz CT molecular complexity index is 1870. The molecule has 0 saturated carbocycles. The smallest absolute Gasteiger partial charge is 0.116 e. The molecule has 2 heterocycles. The molecule has 3 nitrogen and oxygen atoms in total. The molecule has 0 bridgehead atoms. The monoisotopic (exact) mass is 461 g/mol. The lowest BCUT2D eigenvalue weighted by atomic mass is 9.84. The largest absolute Gasteiger partial charge is 0.508 e. The van der Waals surface area contributed by atoms with Gasteiger partial charge in [-0.3, -0.25) is 0 Å². The van der Waals surface area contributed by atoms with E-state index < -0.39 is 0 Å². The Morgan fingerprint density at radius 2 is 1.56 bits per heavy atom. The second-order valence-corrected chi connectivity index (χ2v) is 10.9. The number of phenolic OH excluding ortho intramolecular Hbond substituents is 2. The maximum atomic E-state index is 10.2. The quantitative estimate of drug-likeness (QED) is 0.259. The Hall–Kier alpha value is -3.76. The van der Waals surface area contributed by atoms with E-state index in [-0.39, 0.29) is 11.2 Å². The third-order valence-corrected chi connectivity index (χ3v) is 8.62. The molecule has 1 aliphatic rings. The van der Waals surface area contributed by atoms with Gasteiger partial charge in [0.1, 0.15) is 16.3 Å². The number of nitrogens with zero attached hydrogens (tertiary/aromatic N) is 1. The zero-order valence-electron chi connectivity index (χ0n) is 19.2. The van der Waals surface area contributed by atoms with E-state index in [0.29, 0.717) is 5.75 Å². The van der Waals surface area contributed by atoms with Crippen LogP contribution in [0.25, 0.3) is 53.2 Å². The molecule has 0 aliphatic heterocycles. The van der Waals surface area contributed by atoms with Crippen molar-refractivity contribution in [3.63, 3.8) is 0 Å². The summed E-state index contributed by atoms with van der Waals surface area (Å²) in [4.78, 5) is 1.23. The number of aromatic hydroxyl groups is 2. The van der Waals surface area contributed by atoms with Crippen LogP contribution in [0, 0.1) is 0 Å². The molecule has 2 aromatic heterocycles. The number of para-hydroxylation sites is 1. The van der Waals surface area contributed by atoms with Gasteiger partial charge in [0, 0.05) is 32.0 Å². The van der Waals surface area contributed by atoms with Crippen LogP contribution in [0.1, 0.15) is 31.9 Å². The number of rotatable bonds is 1. The van der Waals surface area contributed by atoms with Gasteiger partial charge in [-0.1, -0.05) is 44.2 Å². The molecule has 4 aromatic carbocycles. The number of phenols is 2. The summed E-state index contributed by atoms with van der Waals surface area (Å²) in [6, 6.07) is 24.4. The number of hydrogen-bond donors (Lipinski definition) is 2. The molecule has 0 atom stereocenters. The fourth-order valence-electron chi connectivity index (χ4n) is 5.99. The summed E-state index contributed by atoms with van der Waals surface area (Å²) in [5, 5.41) is 26.2. The van der Waals surface area contributed by atoms with E-state index in [1.807, 2.05) is 24.3 Å². The average molecular weight is 462 g/mol. The Balaban J connectivity index is 1.63. The molecule has 0 fully saturated rings. The number of hydrogen-bond acceptors (Lipinski definition) is 3. The van der Waals surface area contributed by atoms with Crippen LogP contribution in [0.15, 0.2) is 72.8 Å². The van der Waals surface area contributed by atoms with Crippen molar-refractivity contribution in [2.75, 3.05) is 0 Å². The third-order valence-electron chi connectivity index (χ3n) is 7.48. The van der Waals surface area contributed by atoms with Gasteiger partial charge < -0.3 is 14.8 Å². The molecule has 7 rings (SSSR count). The summed E-state index contributed by atoms with van der Waals surface area (Å²) >= 11 is 1.80. The SMILES string of the molecule is CC1=C(n2c3ccccc3c3c4cc5ccc(O)cc5cc4sc32)C(C)(C)c2cc(O)ccc21. The first kappa shape index (κ1) is 19.7. The van der Waals surface area contributed by atoms with Gasteiger partial charge in [-0.15, -0.1) is 11.3 Å². The minimum atomic E-state index is -0.264. The maximum absolute atomic E-state index is 10.2. The van der Waals surface area contributed by atoms with Crippen LogP contribution >= 0.6 is 11.3 Å². The lowest BCUT2D eigenvalue weighted by Crippen LogP contribution is -2.20. The number of fused-ring (bicyclic) bond motifs is 7. The highest BCUT2D eigenvalue weighted by molar-refractivity contribution is 7.26. The molecule has 6 aromatic rings. The first-order chi connectivity index (χ1) is 16.3. The molecule has 34 heavy (non-hydrogen) atoms. The van der Waals surface area contributed by atoms with Crippen LogP contribution in [0.4, 0.5) is 0 Å². The second-order valence-electron chi connectivity index (χ2n) is 9.84.